The van der Waals surface area contributed by atoms with Gasteiger partial charge in [-0.25, -0.2) is 0 Å². The van der Waals surface area contributed by atoms with E-state index in [-0.39, 0.29) is 5.91 Å². The molecule has 2 aromatic rings. The van der Waals surface area contributed by atoms with Gasteiger partial charge in [0.1, 0.15) is 5.75 Å². The SMILES string of the molecule is COc1ccc(NC(=O)c2ccc(C#CCN)s2)cc1Br. The Morgan fingerprint density at radius 1 is 1.43 bits per heavy atom. The highest BCUT2D eigenvalue weighted by Crippen LogP contribution is 2.28. The molecule has 0 saturated carbocycles. The summed E-state index contributed by atoms with van der Waals surface area (Å²) >= 11 is 4.72. The fourth-order valence-electron chi connectivity index (χ4n) is 1.60. The summed E-state index contributed by atoms with van der Waals surface area (Å²) in [6.45, 7) is 0.305. The Morgan fingerprint density at radius 2 is 2.24 bits per heavy atom. The molecule has 0 aliphatic carbocycles. The number of thiophene rings is 1. The van der Waals surface area contributed by atoms with E-state index in [9.17, 15) is 4.79 Å². The molecule has 3 N–H and O–H groups in total. The molecule has 1 aromatic heterocycles. The van der Waals surface area contributed by atoms with Crippen molar-refractivity contribution in [1.82, 2.24) is 0 Å². The summed E-state index contributed by atoms with van der Waals surface area (Å²) in [6, 6.07) is 8.92. The maximum Gasteiger partial charge on any atom is 0.265 e. The molecule has 0 unspecified atom stereocenters. The van der Waals surface area contributed by atoms with Gasteiger partial charge in [0.25, 0.3) is 5.91 Å². The zero-order chi connectivity index (χ0) is 15.2. The first-order chi connectivity index (χ1) is 10.1. The monoisotopic (exact) mass is 364 g/mol. The number of methoxy groups -OCH3 is 1. The number of carbonyl (C=O) groups is 1. The summed E-state index contributed by atoms with van der Waals surface area (Å²) in [5.41, 5.74) is 6.01. The molecule has 0 bridgehead atoms. The zero-order valence-electron chi connectivity index (χ0n) is 11.3. The van der Waals surface area contributed by atoms with Crippen LogP contribution in [0.2, 0.25) is 0 Å². The first-order valence-corrected chi connectivity index (χ1v) is 7.68. The van der Waals surface area contributed by atoms with E-state index < -0.39 is 0 Å². The molecule has 1 amide bonds. The van der Waals surface area contributed by atoms with Gasteiger partial charge in [-0.05, 0) is 46.3 Å². The van der Waals surface area contributed by atoms with Crippen LogP contribution in [-0.2, 0) is 0 Å². The van der Waals surface area contributed by atoms with Gasteiger partial charge in [-0.15, -0.1) is 11.3 Å². The van der Waals surface area contributed by atoms with Gasteiger partial charge in [0.05, 0.1) is 27.9 Å². The molecule has 1 heterocycles. The van der Waals surface area contributed by atoms with Crippen molar-refractivity contribution in [2.24, 2.45) is 5.73 Å². The fourth-order valence-corrected chi connectivity index (χ4v) is 2.92. The topological polar surface area (TPSA) is 64.3 Å². The van der Waals surface area contributed by atoms with Crippen molar-refractivity contribution in [3.8, 4) is 17.6 Å². The van der Waals surface area contributed by atoms with E-state index in [0.29, 0.717) is 22.9 Å². The molecule has 0 fully saturated rings. The van der Waals surface area contributed by atoms with Crippen LogP contribution in [-0.4, -0.2) is 19.6 Å². The molecule has 0 spiro atoms. The second-order valence-corrected chi connectivity index (χ2v) is 5.91. The van der Waals surface area contributed by atoms with E-state index in [1.54, 1.807) is 31.4 Å². The molecule has 21 heavy (non-hydrogen) atoms. The zero-order valence-corrected chi connectivity index (χ0v) is 13.7. The number of ether oxygens (including phenoxy) is 1. The largest absolute Gasteiger partial charge is 0.496 e. The van der Waals surface area contributed by atoms with Crippen LogP contribution in [0.4, 0.5) is 5.69 Å². The van der Waals surface area contributed by atoms with Crippen LogP contribution in [0.1, 0.15) is 14.5 Å². The highest BCUT2D eigenvalue weighted by Gasteiger charge is 2.10. The number of amides is 1. The maximum atomic E-state index is 12.1. The number of nitrogens with one attached hydrogen (secondary N) is 1. The quantitative estimate of drug-likeness (QED) is 0.822. The predicted molar refractivity (Wildman–Crippen MR) is 88.9 cm³/mol. The Hall–Kier alpha value is -1.81. The third-order valence-corrected chi connectivity index (χ3v) is 4.17. The van der Waals surface area contributed by atoms with Crippen molar-refractivity contribution in [2.45, 2.75) is 0 Å². The fraction of sp³-hybridized carbons (Fsp3) is 0.133. The minimum atomic E-state index is -0.169. The maximum absolute atomic E-state index is 12.1. The third kappa shape index (κ3) is 4.08. The Balaban J connectivity index is 2.10. The molecular formula is C15H13BrN2O2S. The van der Waals surface area contributed by atoms with Gasteiger partial charge < -0.3 is 15.8 Å². The Bertz CT molecular complexity index is 716. The van der Waals surface area contributed by atoms with Crippen LogP contribution in [0.5, 0.6) is 5.75 Å². The number of carbonyl (C=O) groups excluding carboxylic acids is 1. The molecule has 6 heteroatoms. The van der Waals surface area contributed by atoms with Crippen molar-refractivity contribution >= 4 is 38.9 Å². The van der Waals surface area contributed by atoms with E-state index in [2.05, 4.69) is 33.1 Å². The summed E-state index contributed by atoms with van der Waals surface area (Å²) in [5.74, 6) is 6.21. The molecule has 2 rings (SSSR count). The van der Waals surface area contributed by atoms with E-state index >= 15 is 0 Å². The minimum absolute atomic E-state index is 0.169. The summed E-state index contributed by atoms with van der Waals surface area (Å²) in [5, 5.41) is 2.83. The number of benzene rings is 1. The number of hydrogen-bond acceptors (Lipinski definition) is 4. The van der Waals surface area contributed by atoms with Crippen molar-refractivity contribution in [2.75, 3.05) is 19.0 Å². The number of hydrogen-bond donors (Lipinski definition) is 2. The van der Waals surface area contributed by atoms with Crippen LogP contribution in [0.3, 0.4) is 0 Å². The van der Waals surface area contributed by atoms with Gasteiger partial charge in [-0.1, -0.05) is 11.8 Å². The van der Waals surface area contributed by atoms with Gasteiger partial charge in [0, 0.05) is 5.69 Å². The summed E-state index contributed by atoms with van der Waals surface area (Å²) in [4.78, 5) is 13.6. The highest BCUT2D eigenvalue weighted by molar-refractivity contribution is 9.10. The molecule has 4 nitrogen and oxygen atoms in total. The highest BCUT2D eigenvalue weighted by atomic mass is 79.9. The average Bonchev–Trinajstić information content (AvgIpc) is 2.94. The summed E-state index contributed by atoms with van der Waals surface area (Å²) in [7, 11) is 1.59. The van der Waals surface area contributed by atoms with Crippen LogP contribution in [0.25, 0.3) is 0 Å². The van der Waals surface area contributed by atoms with Crippen LogP contribution < -0.4 is 15.8 Å². The lowest BCUT2D eigenvalue weighted by Gasteiger charge is -2.07. The second kappa shape index (κ2) is 7.27. The van der Waals surface area contributed by atoms with E-state index in [0.717, 1.165) is 9.35 Å². The van der Waals surface area contributed by atoms with Crippen LogP contribution >= 0.6 is 27.3 Å². The molecule has 0 saturated heterocycles. The lowest BCUT2D eigenvalue weighted by Crippen LogP contribution is -2.09. The molecule has 1 aromatic carbocycles. The normalized spacial score (nSPS) is 9.67. The van der Waals surface area contributed by atoms with Gasteiger partial charge in [-0.2, -0.15) is 0 Å². The van der Waals surface area contributed by atoms with Gasteiger partial charge in [0.2, 0.25) is 0 Å². The molecule has 0 aliphatic heterocycles. The number of anilines is 1. The average molecular weight is 365 g/mol. The van der Waals surface area contributed by atoms with Crippen LogP contribution in [0.15, 0.2) is 34.8 Å². The molecule has 0 aliphatic rings. The first kappa shape index (κ1) is 15.6. The minimum Gasteiger partial charge on any atom is -0.496 e. The predicted octanol–water partition coefficient (Wildman–Crippen LogP) is 3.08. The van der Waals surface area contributed by atoms with Crippen molar-refractivity contribution in [3.63, 3.8) is 0 Å². The molecule has 0 atom stereocenters. The Morgan fingerprint density at radius 3 is 2.90 bits per heavy atom. The summed E-state index contributed by atoms with van der Waals surface area (Å²) < 4.78 is 5.93. The van der Waals surface area contributed by atoms with Gasteiger partial charge >= 0.3 is 0 Å². The van der Waals surface area contributed by atoms with E-state index in [1.807, 2.05) is 6.07 Å². The first-order valence-electron chi connectivity index (χ1n) is 6.07. The molecular weight excluding hydrogens is 352 g/mol. The van der Waals surface area contributed by atoms with Crippen molar-refractivity contribution in [1.29, 1.82) is 0 Å². The van der Waals surface area contributed by atoms with E-state index in [1.165, 1.54) is 11.3 Å². The van der Waals surface area contributed by atoms with Gasteiger partial charge in [0.15, 0.2) is 0 Å². The summed E-state index contributed by atoms with van der Waals surface area (Å²) in [6.07, 6.45) is 0. The standard InChI is InChI=1S/C15H13BrN2O2S/c1-20-13-6-4-10(9-12(13)16)18-15(19)14-7-5-11(21-14)3-2-8-17/h4-7,9H,8,17H2,1H3,(H,18,19). The van der Waals surface area contributed by atoms with Crippen molar-refractivity contribution < 1.29 is 9.53 Å². The second-order valence-electron chi connectivity index (χ2n) is 3.97. The lowest BCUT2D eigenvalue weighted by atomic mass is 10.3. The number of halogens is 1. The molecule has 0 radical (unpaired) electrons. The Labute approximate surface area is 135 Å². The third-order valence-electron chi connectivity index (χ3n) is 2.55. The number of rotatable bonds is 3. The van der Waals surface area contributed by atoms with Gasteiger partial charge in [-0.3, -0.25) is 4.79 Å². The van der Waals surface area contributed by atoms with Crippen molar-refractivity contribution in [3.05, 3.63) is 44.6 Å². The van der Waals surface area contributed by atoms with E-state index in [4.69, 9.17) is 10.5 Å². The van der Waals surface area contributed by atoms with Crippen LogP contribution in [0, 0.1) is 11.8 Å². The lowest BCUT2D eigenvalue weighted by molar-refractivity contribution is 0.103. The number of nitrogens with two attached hydrogens (primary N) is 1. The smallest absolute Gasteiger partial charge is 0.265 e. The Kier molecular flexibility index (Phi) is 5.39. The molecule has 108 valence electrons.